The topological polar surface area (TPSA) is 40.5 Å². The fraction of sp³-hybridized carbons (Fsp3) is 1.00. The van der Waals surface area contributed by atoms with Gasteiger partial charge in [0.05, 0.1) is 6.10 Å². The first-order valence-corrected chi connectivity index (χ1v) is 13.3. The molecule has 4 aliphatic carbocycles. The third-order valence-electron chi connectivity index (χ3n) is 11.3. The van der Waals surface area contributed by atoms with Gasteiger partial charge < -0.3 is 10.2 Å². The van der Waals surface area contributed by atoms with E-state index in [-0.39, 0.29) is 23.9 Å². The van der Waals surface area contributed by atoms with Crippen LogP contribution in [0.5, 0.6) is 0 Å². The predicted octanol–water partition coefficient (Wildman–Crippen LogP) is 7.13. The number of aliphatic hydroxyl groups excluding tert-OH is 1. The van der Waals surface area contributed by atoms with E-state index in [0.717, 1.165) is 44.4 Å². The highest BCUT2D eigenvalue weighted by Gasteiger charge is 2.60. The Balaban J connectivity index is 1.47. The van der Waals surface area contributed by atoms with Crippen molar-refractivity contribution in [2.45, 2.75) is 123 Å². The lowest BCUT2D eigenvalue weighted by atomic mass is 9.46. The summed E-state index contributed by atoms with van der Waals surface area (Å²) in [4.78, 5) is 0. The molecule has 0 aromatic rings. The van der Waals surface area contributed by atoms with Crippen molar-refractivity contribution >= 4 is 0 Å². The SMILES string of the molecule is C[C@H](CC[C@@](C)(O)C(F)(F)F)C1CCC2C3CCC4CC(O)CCCC4(C)C3CCC21C. The number of hydrogen-bond acceptors (Lipinski definition) is 2. The minimum absolute atomic E-state index is 0.127. The molecule has 0 aromatic carbocycles. The van der Waals surface area contributed by atoms with Crippen LogP contribution in [-0.2, 0) is 0 Å². The molecule has 0 aliphatic heterocycles. The summed E-state index contributed by atoms with van der Waals surface area (Å²) in [7, 11) is 0. The van der Waals surface area contributed by atoms with Gasteiger partial charge in [0, 0.05) is 0 Å². The van der Waals surface area contributed by atoms with Crippen molar-refractivity contribution in [2.75, 3.05) is 0 Å². The molecule has 186 valence electrons. The van der Waals surface area contributed by atoms with Crippen LogP contribution >= 0.6 is 0 Å². The minimum atomic E-state index is -4.56. The van der Waals surface area contributed by atoms with Crippen LogP contribution in [-0.4, -0.2) is 28.1 Å². The lowest BCUT2D eigenvalue weighted by Crippen LogP contribution is -2.52. The summed E-state index contributed by atoms with van der Waals surface area (Å²) in [6.07, 6.45) is 7.11. The molecule has 4 saturated carbocycles. The zero-order chi connectivity index (χ0) is 23.5. The van der Waals surface area contributed by atoms with Gasteiger partial charge in [-0.3, -0.25) is 0 Å². The largest absolute Gasteiger partial charge is 0.416 e. The molecule has 2 N–H and O–H groups in total. The number of halogens is 3. The van der Waals surface area contributed by atoms with Gasteiger partial charge in [-0.2, -0.15) is 13.2 Å². The Bertz CT molecular complexity index is 676. The van der Waals surface area contributed by atoms with E-state index in [1.165, 1.54) is 38.5 Å². The van der Waals surface area contributed by atoms with E-state index >= 15 is 0 Å². The molecule has 4 fully saturated rings. The van der Waals surface area contributed by atoms with E-state index in [1.807, 2.05) is 0 Å². The van der Waals surface area contributed by atoms with E-state index < -0.39 is 11.8 Å². The molecule has 4 rings (SSSR count). The Morgan fingerprint density at radius 2 is 1.62 bits per heavy atom. The summed E-state index contributed by atoms with van der Waals surface area (Å²) < 4.78 is 39.4. The van der Waals surface area contributed by atoms with Crippen LogP contribution in [0.1, 0.15) is 105 Å². The number of hydrogen-bond donors (Lipinski definition) is 2. The summed E-state index contributed by atoms with van der Waals surface area (Å²) >= 11 is 0. The molecule has 32 heavy (non-hydrogen) atoms. The standard InChI is InChI=1S/C27H45F3O2/c1-17(11-15-26(4,32)27(28,29)30)21-9-10-22-20-8-7-18-16-19(31)6-5-13-24(18,2)23(20)12-14-25(21,22)3/h17-23,31-32H,5-16H2,1-4H3/t17-,18?,19?,20?,21?,22?,23?,24?,25?,26-/m1/s1. The van der Waals surface area contributed by atoms with Gasteiger partial charge in [-0.05, 0) is 124 Å². The first-order chi connectivity index (χ1) is 14.8. The Morgan fingerprint density at radius 1 is 0.938 bits per heavy atom. The number of alkyl halides is 3. The van der Waals surface area contributed by atoms with Crippen LogP contribution < -0.4 is 0 Å². The van der Waals surface area contributed by atoms with Gasteiger partial charge >= 0.3 is 6.18 Å². The molecule has 0 radical (unpaired) electrons. The number of aliphatic hydroxyl groups is 2. The van der Waals surface area contributed by atoms with Gasteiger partial charge in [0.2, 0.25) is 0 Å². The van der Waals surface area contributed by atoms with Gasteiger partial charge in [-0.15, -0.1) is 0 Å². The van der Waals surface area contributed by atoms with E-state index in [0.29, 0.717) is 29.6 Å². The summed E-state index contributed by atoms with van der Waals surface area (Å²) in [6.45, 7) is 8.01. The van der Waals surface area contributed by atoms with Crippen molar-refractivity contribution in [1.29, 1.82) is 0 Å². The second-order valence-corrected chi connectivity index (χ2v) is 13.0. The first kappa shape index (κ1) is 24.8. The van der Waals surface area contributed by atoms with E-state index in [1.54, 1.807) is 0 Å². The fourth-order valence-electron chi connectivity index (χ4n) is 9.30. The van der Waals surface area contributed by atoms with E-state index in [2.05, 4.69) is 20.8 Å². The third-order valence-corrected chi connectivity index (χ3v) is 11.3. The summed E-state index contributed by atoms with van der Waals surface area (Å²) in [6, 6.07) is 0. The van der Waals surface area contributed by atoms with Gasteiger partial charge in [-0.1, -0.05) is 27.2 Å². The quantitative estimate of drug-likeness (QED) is 0.471. The molecule has 0 aromatic heterocycles. The van der Waals surface area contributed by atoms with Crippen molar-refractivity contribution < 1.29 is 23.4 Å². The average molecular weight is 459 g/mol. The second kappa shape index (κ2) is 8.43. The van der Waals surface area contributed by atoms with E-state index in [4.69, 9.17) is 0 Å². The van der Waals surface area contributed by atoms with Crippen LogP contribution in [0, 0.1) is 46.3 Å². The highest BCUT2D eigenvalue weighted by Crippen LogP contribution is 2.68. The summed E-state index contributed by atoms with van der Waals surface area (Å²) in [5.74, 6) is 3.47. The molecule has 10 atom stereocenters. The van der Waals surface area contributed by atoms with Gasteiger partial charge in [0.25, 0.3) is 0 Å². The smallest absolute Gasteiger partial charge is 0.393 e. The van der Waals surface area contributed by atoms with E-state index in [9.17, 15) is 23.4 Å². The minimum Gasteiger partial charge on any atom is -0.393 e. The lowest BCUT2D eigenvalue weighted by molar-refractivity contribution is -0.256. The molecular formula is C27H45F3O2. The predicted molar refractivity (Wildman–Crippen MR) is 121 cm³/mol. The fourth-order valence-corrected chi connectivity index (χ4v) is 9.30. The zero-order valence-corrected chi connectivity index (χ0v) is 20.6. The van der Waals surface area contributed by atoms with Crippen LogP contribution in [0.25, 0.3) is 0 Å². The van der Waals surface area contributed by atoms with Crippen molar-refractivity contribution in [2.24, 2.45) is 46.3 Å². The molecular weight excluding hydrogens is 413 g/mol. The second-order valence-electron chi connectivity index (χ2n) is 13.0. The van der Waals surface area contributed by atoms with Crippen LogP contribution in [0.2, 0.25) is 0 Å². The molecule has 0 bridgehead atoms. The third kappa shape index (κ3) is 4.06. The molecule has 0 amide bonds. The van der Waals surface area contributed by atoms with Crippen LogP contribution in [0.3, 0.4) is 0 Å². The maximum absolute atomic E-state index is 13.1. The summed E-state index contributed by atoms with van der Waals surface area (Å²) in [5.41, 5.74) is -2.02. The Hall–Kier alpha value is -0.290. The highest BCUT2D eigenvalue weighted by molar-refractivity contribution is 5.09. The Morgan fingerprint density at radius 3 is 2.31 bits per heavy atom. The Labute approximate surface area is 192 Å². The normalized spacial score (nSPS) is 47.5. The van der Waals surface area contributed by atoms with Crippen molar-refractivity contribution in [3.63, 3.8) is 0 Å². The van der Waals surface area contributed by atoms with Crippen molar-refractivity contribution in [1.82, 2.24) is 0 Å². The molecule has 8 unspecified atom stereocenters. The average Bonchev–Trinajstić information content (AvgIpc) is 2.96. The molecule has 4 aliphatic rings. The Kier molecular flexibility index (Phi) is 6.54. The van der Waals surface area contributed by atoms with Gasteiger partial charge in [0.15, 0.2) is 5.60 Å². The molecule has 0 saturated heterocycles. The maximum Gasteiger partial charge on any atom is 0.416 e. The van der Waals surface area contributed by atoms with Gasteiger partial charge in [-0.25, -0.2) is 0 Å². The lowest BCUT2D eigenvalue weighted by Gasteiger charge is -2.59. The van der Waals surface area contributed by atoms with Crippen LogP contribution in [0.4, 0.5) is 13.2 Å². The van der Waals surface area contributed by atoms with Crippen molar-refractivity contribution in [3.8, 4) is 0 Å². The molecule has 0 heterocycles. The van der Waals surface area contributed by atoms with Gasteiger partial charge in [0.1, 0.15) is 0 Å². The highest BCUT2D eigenvalue weighted by atomic mass is 19.4. The first-order valence-electron chi connectivity index (χ1n) is 13.3. The number of rotatable bonds is 4. The van der Waals surface area contributed by atoms with Crippen LogP contribution in [0.15, 0.2) is 0 Å². The molecule has 0 spiro atoms. The zero-order valence-electron chi connectivity index (χ0n) is 20.6. The monoisotopic (exact) mass is 458 g/mol. The summed E-state index contributed by atoms with van der Waals surface area (Å²) in [5, 5.41) is 20.3. The number of fused-ring (bicyclic) bond motifs is 5. The molecule has 2 nitrogen and oxygen atoms in total. The maximum atomic E-state index is 13.1. The van der Waals surface area contributed by atoms with Crippen molar-refractivity contribution in [3.05, 3.63) is 0 Å². The molecule has 5 heteroatoms.